The summed E-state index contributed by atoms with van der Waals surface area (Å²) in [5.41, 5.74) is 0.940. The summed E-state index contributed by atoms with van der Waals surface area (Å²) in [6.07, 6.45) is 0. The van der Waals surface area contributed by atoms with Crippen LogP contribution in [0.2, 0.25) is 0 Å². The van der Waals surface area contributed by atoms with E-state index in [2.05, 4.69) is 15.9 Å². The Labute approximate surface area is 176 Å². The van der Waals surface area contributed by atoms with Crippen LogP contribution >= 0.6 is 38.6 Å². The van der Waals surface area contributed by atoms with Gasteiger partial charge in [0.15, 0.2) is 5.82 Å². The Hall–Kier alpha value is -2.48. The van der Waals surface area contributed by atoms with Crippen LogP contribution < -0.4 is 5.56 Å². The van der Waals surface area contributed by atoms with Gasteiger partial charge in [0.1, 0.15) is 10.6 Å². The fourth-order valence-electron chi connectivity index (χ4n) is 3.30. The van der Waals surface area contributed by atoms with Gasteiger partial charge in [0.25, 0.3) is 5.56 Å². The Morgan fingerprint density at radius 3 is 2.57 bits per heavy atom. The Kier molecular flexibility index (Phi) is 4.30. The molecule has 0 bridgehead atoms. The van der Waals surface area contributed by atoms with Gasteiger partial charge in [0.05, 0.1) is 25.3 Å². The van der Waals surface area contributed by atoms with E-state index in [0.717, 1.165) is 19.6 Å². The van der Waals surface area contributed by atoms with Crippen molar-refractivity contribution in [3.8, 4) is 16.5 Å². The standard InChI is InChI=1S/C21H13BrN2O2S2/c22-16-10-9-15(27-16)19-23-20-17(13-7-4-8-14(25)18(13)28-20)21(26)24(19)11-12-5-2-1-3-6-12/h1-10,25H,11H2. The van der Waals surface area contributed by atoms with Crippen molar-refractivity contribution in [2.75, 3.05) is 0 Å². The molecule has 0 aliphatic rings. The summed E-state index contributed by atoms with van der Waals surface area (Å²) in [5, 5.41) is 11.5. The van der Waals surface area contributed by atoms with Crippen LogP contribution in [0.25, 0.3) is 31.0 Å². The van der Waals surface area contributed by atoms with E-state index in [1.165, 1.54) is 11.3 Å². The van der Waals surface area contributed by atoms with Gasteiger partial charge in [-0.1, -0.05) is 42.5 Å². The van der Waals surface area contributed by atoms with Gasteiger partial charge in [-0.2, -0.15) is 0 Å². The van der Waals surface area contributed by atoms with Gasteiger partial charge < -0.3 is 5.11 Å². The number of fused-ring (bicyclic) bond motifs is 3. The maximum atomic E-state index is 13.6. The summed E-state index contributed by atoms with van der Waals surface area (Å²) in [4.78, 5) is 20.0. The second-order valence-corrected chi connectivity index (χ2v) is 9.81. The van der Waals surface area contributed by atoms with Crippen LogP contribution in [0.4, 0.5) is 0 Å². The van der Waals surface area contributed by atoms with Crippen molar-refractivity contribution in [1.82, 2.24) is 9.55 Å². The van der Waals surface area contributed by atoms with Crippen molar-refractivity contribution >= 4 is 58.9 Å². The van der Waals surface area contributed by atoms with Gasteiger partial charge in [-0.15, -0.1) is 22.7 Å². The lowest BCUT2D eigenvalue weighted by Crippen LogP contribution is -2.23. The molecule has 0 aliphatic carbocycles. The zero-order chi connectivity index (χ0) is 19.3. The number of thiophene rings is 2. The maximum Gasteiger partial charge on any atom is 0.263 e. The predicted octanol–water partition coefficient (Wildman–Crippen LogP) is 5.86. The number of phenols is 1. The first kappa shape index (κ1) is 17.6. The SMILES string of the molecule is O=c1c2c(nc(-c3ccc(Br)s3)n1Cc1ccccc1)sc1c(O)cccc12. The molecule has 3 heterocycles. The molecule has 28 heavy (non-hydrogen) atoms. The van der Waals surface area contributed by atoms with E-state index >= 15 is 0 Å². The number of halogens is 1. The molecule has 0 saturated carbocycles. The molecule has 1 N–H and O–H groups in total. The predicted molar refractivity (Wildman–Crippen MR) is 120 cm³/mol. The second kappa shape index (κ2) is 6.84. The molecule has 5 rings (SSSR count). The van der Waals surface area contributed by atoms with Gasteiger partial charge in [0, 0.05) is 5.39 Å². The summed E-state index contributed by atoms with van der Waals surface area (Å²) < 4.78 is 3.40. The molecular weight excluding hydrogens is 456 g/mol. The van der Waals surface area contributed by atoms with Crippen LogP contribution in [0, 0.1) is 0 Å². The molecule has 0 unspecified atom stereocenters. The lowest BCUT2D eigenvalue weighted by molar-refractivity contribution is 0.482. The lowest BCUT2D eigenvalue weighted by atomic mass is 10.2. The number of nitrogens with zero attached hydrogens (tertiary/aromatic N) is 2. The zero-order valence-electron chi connectivity index (χ0n) is 14.4. The van der Waals surface area contributed by atoms with Crippen LogP contribution in [0.1, 0.15) is 5.56 Å². The smallest absolute Gasteiger partial charge is 0.263 e. The van der Waals surface area contributed by atoms with Crippen LogP contribution in [0.15, 0.2) is 69.2 Å². The van der Waals surface area contributed by atoms with E-state index < -0.39 is 0 Å². The fourth-order valence-corrected chi connectivity index (χ4v) is 5.76. The van der Waals surface area contributed by atoms with E-state index in [1.54, 1.807) is 28.0 Å². The van der Waals surface area contributed by atoms with Gasteiger partial charge in [0.2, 0.25) is 0 Å². The molecule has 0 spiro atoms. The van der Waals surface area contributed by atoms with Crippen molar-refractivity contribution in [2.45, 2.75) is 6.54 Å². The topological polar surface area (TPSA) is 55.1 Å². The van der Waals surface area contributed by atoms with E-state index in [9.17, 15) is 9.90 Å². The summed E-state index contributed by atoms with van der Waals surface area (Å²) in [6, 6.07) is 19.1. The number of aromatic nitrogens is 2. The number of aromatic hydroxyl groups is 1. The highest BCUT2D eigenvalue weighted by atomic mass is 79.9. The van der Waals surface area contributed by atoms with Crippen LogP contribution in [-0.4, -0.2) is 14.7 Å². The second-order valence-electron chi connectivity index (χ2n) is 6.35. The minimum atomic E-state index is -0.0924. The lowest BCUT2D eigenvalue weighted by Gasteiger charge is -2.11. The monoisotopic (exact) mass is 468 g/mol. The first-order valence-corrected chi connectivity index (χ1v) is 11.0. The molecule has 4 nitrogen and oxygen atoms in total. The number of phenolic OH excluding ortho intramolecular Hbond substituents is 1. The molecule has 138 valence electrons. The highest BCUT2D eigenvalue weighted by molar-refractivity contribution is 9.11. The maximum absolute atomic E-state index is 13.6. The fraction of sp³-hybridized carbons (Fsp3) is 0.0476. The molecule has 0 aliphatic heterocycles. The summed E-state index contributed by atoms with van der Waals surface area (Å²) in [5.74, 6) is 0.818. The molecule has 0 saturated heterocycles. The van der Waals surface area contributed by atoms with E-state index in [-0.39, 0.29) is 11.3 Å². The Morgan fingerprint density at radius 2 is 1.82 bits per heavy atom. The highest BCUT2D eigenvalue weighted by Gasteiger charge is 2.19. The van der Waals surface area contributed by atoms with Crippen molar-refractivity contribution in [3.05, 3.63) is 80.4 Å². The molecule has 0 amide bonds. The quantitative estimate of drug-likeness (QED) is 0.360. The van der Waals surface area contributed by atoms with E-state index in [1.807, 2.05) is 48.5 Å². The van der Waals surface area contributed by atoms with Crippen LogP contribution in [0.5, 0.6) is 5.75 Å². The van der Waals surface area contributed by atoms with Crippen LogP contribution in [-0.2, 0) is 6.54 Å². The van der Waals surface area contributed by atoms with E-state index in [4.69, 9.17) is 4.98 Å². The van der Waals surface area contributed by atoms with Crippen LogP contribution in [0.3, 0.4) is 0 Å². The van der Waals surface area contributed by atoms with Gasteiger partial charge in [-0.3, -0.25) is 9.36 Å². The molecule has 3 aromatic heterocycles. The third kappa shape index (κ3) is 2.87. The third-order valence-electron chi connectivity index (χ3n) is 4.58. The number of rotatable bonds is 3. The third-order valence-corrected chi connectivity index (χ3v) is 7.32. The summed E-state index contributed by atoms with van der Waals surface area (Å²) in [6.45, 7) is 0.434. The molecule has 0 atom stereocenters. The van der Waals surface area contributed by atoms with E-state index in [0.29, 0.717) is 27.3 Å². The van der Waals surface area contributed by atoms with Crippen molar-refractivity contribution in [2.24, 2.45) is 0 Å². The Morgan fingerprint density at radius 1 is 1.00 bits per heavy atom. The van der Waals surface area contributed by atoms with Crippen molar-refractivity contribution < 1.29 is 5.11 Å². The first-order valence-electron chi connectivity index (χ1n) is 8.56. The molecular formula is C21H13BrN2O2S2. The van der Waals surface area contributed by atoms with Gasteiger partial charge >= 0.3 is 0 Å². The summed E-state index contributed by atoms with van der Waals surface area (Å²) in [7, 11) is 0. The zero-order valence-corrected chi connectivity index (χ0v) is 17.6. The Bertz CT molecular complexity index is 1390. The molecule has 2 aromatic carbocycles. The number of hydrogen-bond acceptors (Lipinski definition) is 5. The van der Waals surface area contributed by atoms with Gasteiger partial charge in [-0.05, 0) is 39.7 Å². The molecule has 7 heteroatoms. The number of hydrogen-bond donors (Lipinski definition) is 1. The number of benzene rings is 2. The Balaban J connectivity index is 1.85. The molecule has 5 aromatic rings. The minimum Gasteiger partial charge on any atom is -0.506 e. The minimum absolute atomic E-state index is 0.0924. The normalized spacial score (nSPS) is 11.5. The highest BCUT2D eigenvalue weighted by Crippen LogP contribution is 2.38. The molecule has 0 radical (unpaired) electrons. The van der Waals surface area contributed by atoms with Crippen molar-refractivity contribution in [3.63, 3.8) is 0 Å². The average Bonchev–Trinajstić information content (AvgIpc) is 3.29. The van der Waals surface area contributed by atoms with Gasteiger partial charge in [-0.25, -0.2) is 4.98 Å². The first-order chi connectivity index (χ1) is 13.6. The largest absolute Gasteiger partial charge is 0.506 e. The molecule has 0 fully saturated rings. The average molecular weight is 469 g/mol. The summed E-state index contributed by atoms with van der Waals surface area (Å²) >= 11 is 6.39. The van der Waals surface area contributed by atoms with Crippen molar-refractivity contribution in [1.29, 1.82) is 0 Å².